The second kappa shape index (κ2) is 7.55. The Morgan fingerprint density at radius 2 is 1.31 bits per heavy atom. The molecule has 6 nitrogen and oxygen atoms in total. The number of Topliss-reactive ketones (excluding diaryl/α,β-unsaturated/α-hetero) is 2. The Kier molecular flexibility index (Phi) is 4.66. The van der Waals surface area contributed by atoms with Crippen LogP contribution in [0.15, 0.2) is 78.9 Å². The van der Waals surface area contributed by atoms with Gasteiger partial charge in [-0.05, 0) is 29.2 Å². The molecule has 0 radical (unpaired) electrons. The highest BCUT2D eigenvalue weighted by Crippen LogP contribution is 2.57. The van der Waals surface area contributed by atoms with Crippen LogP contribution in [0.3, 0.4) is 0 Å². The molecule has 0 bridgehead atoms. The van der Waals surface area contributed by atoms with E-state index in [1.54, 1.807) is 60.7 Å². The number of ether oxygens (including phenoxy) is 1. The first-order valence-corrected chi connectivity index (χ1v) is 11.8. The van der Waals surface area contributed by atoms with E-state index in [9.17, 15) is 19.2 Å². The number of anilines is 1. The summed E-state index contributed by atoms with van der Waals surface area (Å²) < 4.78 is 6.28. The SMILES string of the molecule is CC(C)c1ccc(N2C(=O)[C@@H]3[C@H](c4ccccc4)OC4(C(=O)c5ccccc5C4=O)[C@H]3C2=O)cc1. The number of carbonyl (C=O) groups is 4. The van der Waals surface area contributed by atoms with Gasteiger partial charge in [0.1, 0.15) is 0 Å². The van der Waals surface area contributed by atoms with Gasteiger partial charge in [0, 0.05) is 11.1 Å². The van der Waals surface area contributed by atoms with Gasteiger partial charge in [-0.15, -0.1) is 0 Å². The predicted octanol–water partition coefficient (Wildman–Crippen LogP) is 4.51. The number of ketones is 2. The van der Waals surface area contributed by atoms with Gasteiger partial charge in [0.05, 0.1) is 23.6 Å². The smallest absolute Gasteiger partial charge is 0.241 e. The number of amides is 2. The van der Waals surface area contributed by atoms with Crippen molar-refractivity contribution in [3.05, 3.63) is 101 Å². The lowest BCUT2D eigenvalue weighted by atomic mass is 9.77. The molecular weight excluding hydrogens is 442 g/mol. The van der Waals surface area contributed by atoms with E-state index >= 15 is 0 Å². The largest absolute Gasteiger partial charge is 0.349 e. The summed E-state index contributed by atoms with van der Waals surface area (Å²) in [6.45, 7) is 4.12. The van der Waals surface area contributed by atoms with Gasteiger partial charge < -0.3 is 4.74 Å². The normalized spacial score (nSPS) is 24.5. The molecule has 6 heteroatoms. The van der Waals surface area contributed by atoms with Crippen molar-refractivity contribution in [1.29, 1.82) is 0 Å². The van der Waals surface area contributed by atoms with Crippen LogP contribution in [-0.4, -0.2) is 29.0 Å². The van der Waals surface area contributed by atoms with Crippen molar-refractivity contribution in [3.63, 3.8) is 0 Å². The number of imide groups is 1. The van der Waals surface area contributed by atoms with Crippen LogP contribution in [0.25, 0.3) is 0 Å². The monoisotopic (exact) mass is 465 g/mol. The molecule has 3 aromatic carbocycles. The zero-order valence-corrected chi connectivity index (χ0v) is 19.3. The van der Waals surface area contributed by atoms with Crippen LogP contribution >= 0.6 is 0 Å². The zero-order valence-electron chi connectivity index (χ0n) is 19.3. The Morgan fingerprint density at radius 1 is 0.743 bits per heavy atom. The van der Waals surface area contributed by atoms with Gasteiger partial charge in [-0.2, -0.15) is 0 Å². The number of hydrogen-bond acceptors (Lipinski definition) is 5. The highest BCUT2D eigenvalue weighted by molar-refractivity contribution is 6.37. The number of nitrogens with zero attached hydrogens (tertiary/aromatic N) is 1. The van der Waals surface area contributed by atoms with Gasteiger partial charge in [-0.1, -0.05) is 80.6 Å². The molecule has 2 fully saturated rings. The molecule has 2 heterocycles. The third-order valence-corrected chi connectivity index (χ3v) is 7.47. The molecule has 1 spiro atoms. The van der Waals surface area contributed by atoms with Crippen LogP contribution in [0.1, 0.15) is 57.7 Å². The van der Waals surface area contributed by atoms with E-state index < -0.39 is 46.9 Å². The topological polar surface area (TPSA) is 80.8 Å². The Labute approximate surface area is 202 Å². The summed E-state index contributed by atoms with van der Waals surface area (Å²) in [7, 11) is 0. The standard InChI is InChI=1S/C29H23NO5/c1-16(2)17-12-14-19(15-13-17)30-27(33)22-23(28(30)34)29(35-24(22)18-8-4-3-5-9-18)25(31)20-10-6-7-11-21(20)26(29)32/h3-16,22-24H,1-2H3/t22-,23+,24-/m0/s1. The molecule has 3 atom stereocenters. The fourth-order valence-corrected chi connectivity index (χ4v) is 5.72. The summed E-state index contributed by atoms with van der Waals surface area (Å²) in [6.07, 6.45) is -0.903. The van der Waals surface area contributed by atoms with Crippen LogP contribution in [-0.2, 0) is 14.3 Å². The summed E-state index contributed by atoms with van der Waals surface area (Å²) in [5, 5.41) is 0. The first-order valence-electron chi connectivity index (χ1n) is 11.8. The number of fused-ring (bicyclic) bond motifs is 3. The molecule has 2 saturated heterocycles. The van der Waals surface area contributed by atoms with Crippen molar-refractivity contribution in [3.8, 4) is 0 Å². The number of carbonyl (C=O) groups excluding carboxylic acids is 4. The minimum atomic E-state index is -2.05. The van der Waals surface area contributed by atoms with Gasteiger partial charge in [-0.25, -0.2) is 4.90 Å². The summed E-state index contributed by atoms with van der Waals surface area (Å²) in [4.78, 5) is 56.4. The van der Waals surface area contributed by atoms with E-state index in [2.05, 4.69) is 13.8 Å². The Hall–Kier alpha value is -3.90. The quantitative estimate of drug-likeness (QED) is 0.420. The summed E-state index contributed by atoms with van der Waals surface area (Å²) in [6, 6.07) is 22.8. The highest BCUT2D eigenvalue weighted by atomic mass is 16.5. The highest BCUT2D eigenvalue weighted by Gasteiger charge is 2.74. The summed E-state index contributed by atoms with van der Waals surface area (Å²) >= 11 is 0. The van der Waals surface area contributed by atoms with Crippen LogP contribution in [0.2, 0.25) is 0 Å². The molecular formula is C29H23NO5. The van der Waals surface area contributed by atoms with Crippen molar-refractivity contribution in [1.82, 2.24) is 0 Å². The molecule has 2 amide bonds. The fourth-order valence-electron chi connectivity index (χ4n) is 5.72. The van der Waals surface area contributed by atoms with E-state index in [1.807, 2.05) is 18.2 Å². The molecule has 35 heavy (non-hydrogen) atoms. The van der Waals surface area contributed by atoms with E-state index in [1.165, 1.54) is 0 Å². The van der Waals surface area contributed by atoms with Crippen LogP contribution in [0.5, 0.6) is 0 Å². The molecule has 3 aromatic rings. The second-order valence-electron chi connectivity index (χ2n) is 9.65. The lowest BCUT2D eigenvalue weighted by Gasteiger charge is -2.27. The van der Waals surface area contributed by atoms with Crippen molar-refractivity contribution >= 4 is 29.1 Å². The van der Waals surface area contributed by atoms with E-state index in [-0.39, 0.29) is 11.1 Å². The Balaban J connectivity index is 1.51. The van der Waals surface area contributed by atoms with Crippen LogP contribution < -0.4 is 4.90 Å². The van der Waals surface area contributed by atoms with Crippen LogP contribution in [0, 0.1) is 11.8 Å². The lowest BCUT2D eigenvalue weighted by molar-refractivity contribution is -0.127. The zero-order chi connectivity index (χ0) is 24.5. The average Bonchev–Trinajstić information content (AvgIpc) is 3.44. The molecule has 0 saturated carbocycles. The molecule has 0 N–H and O–H groups in total. The molecule has 1 aliphatic carbocycles. The molecule has 0 aromatic heterocycles. The number of rotatable bonds is 3. The third-order valence-electron chi connectivity index (χ3n) is 7.47. The number of benzene rings is 3. The maximum atomic E-state index is 13.9. The summed E-state index contributed by atoms with van der Waals surface area (Å²) in [5.74, 6) is -4.08. The molecule has 0 unspecified atom stereocenters. The average molecular weight is 466 g/mol. The molecule has 174 valence electrons. The lowest BCUT2D eigenvalue weighted by Crippen LogP contribution is -2.51. The van der Waals surface area contributed by atoms with E-state index in [0.717, 1.165) is 10.5 Å². The van der Waals surface area contributed by atoms with E-state index in [0.29, 0.717) is 17.2 Å². The molecule has 3 aliphatic rings. The van der Waals surface area contributed by atoms with Crippen molar-refractivity contribution < 1.29 is 23.9 Å². The third kappa shape index (κ3) is 2.80. The first-order chi connectivity index (χ1) is 16.9. The molecule has 6 rings (SSSR count). The van der Waals surface area contributed by atoms with Gasteiger partial charge in [0.2, 0.25) is 29.0 Å². The van der Waals surface area contributed by atoms with Gasteiger partial charge >= 0.3 is 0 Å². The van der Waals surface area contributed by atoms with Gasteiger partial charge in [0.15, 0.2) is 0 Å². The van der Waals surface area contributed by atoms with Crippen molar-refractivity contribution in [2.24, 2.45) is 11.8 Å². The number of hydrogen-bond donors (Lipinski definition) is 0. The fraction of sp³-hybridized carbons (Fsp3) is 0.241. The van der Waals surface area contributed by atoms with Gasteiger partial charge in [-0.3, -0.25) is 19.2 Å². The minimum absolute atomic E-state index is 0.227. The molecule has 2 aliphatic heterocycles. The minimum Gasteiger partial charge on any atom is -0.349 e. The van der Waals surface area contributed by atoms with E-state index in [4.69, 9.17) is 4.74 Å². The van der Waals surface area contributed by atoms with Crippen molar-refractivity contribution in [2.75, 3.05) is 4.90 Å². The van der Waals surface area contributed by atoms with Crippen molar-refractivity contribution in [2.45, 2.75) is 31.5 Å². The Morgan fingerprint density at radius 3 is 1.89 bits per heavy atom. The van der Waals surface area contributed by atoms with Crippen LogP contribution in [0.4, 0.5) is 5.69 Å². The predicted molar refractivity (Wildman–Crippen MR) is 128 cm³/mol. The summed E-state index contributed by atoms with van der Waals surface area (Å²) in [5.41, 5.74) is 0.556. The maximum absolute atomic E-state index is 13.9. The second-order valence-corrected chi connectivity index (χ2v) is 9.65. The maximum Gasteiger partial charge on any atom is 0.241 e. The first kappa shape index (κ1) is 21.6. The Bertz CT molecular complexity index is 1360. The van der Waals surface area contributed by atoms with Gasteiger partial charge in [0.25, 0.3) is 0 Å².